The number of piperidine rings is 1. The summed E-state index contributed by atoms with van der Waals surface area (Å²) in [5, 5.41) is 4.22. The van der Waals surface area contributed by atoms with Crippen molar-refractivity contribution in [2.24, 2.45) is 5.92 Å². The van der Waals surface area contributed by atoms with Crippen molar-refractivity contribution in [3.05, 3.63) is 53.9 Å². The zero-order chi connectivity index (χ0) is 21.6. The molecule has 0 bridgehead atoms. The van der Waals surface area contributed by atoms with E-state index in [0.29, 0.717) is 18.5 Å². The summed E-state index contributed by atoms with van der Waals surface area (Å²) in [6.07, 6.45) is 9.38. The van der Waals surface area contributed by atoms with Crippen molar-refractivity contribution < 1.29 is 4.79 Å². The molecule has 1 fully saturated rings. The lowest BCUT2D eigenvalue weighted by molar-refractivity contribution is -0.133. The summed E-state index contributed by atoms with van der Waals surface area (Å²) in [5.41, 5.74) is 3.07. The highest BCUT2D eigenvalue weighted by molar-refractivity contribution is 5.75. The number of fused-ring (bicyclic) bond motifs is 1. The molecule has 2 aliphatic rings. The van der Waals surface area contributed by atoms with Gasteiger partial charge in [-0.2, -0.15) is 5.10 Å². The third kappa shape index (κ3) is 5.95. The van der Waals surface area contributed by atoms with Gasteiger partial charge in [0.15, 0.2) is 0 Å². The topological polar surface area (TPSA) is 44.6 Å². The predicted molar refractivity (Wildman–Crippen MR) is 124 cm³/mol. The van der Waals surface area contributed by atoms with E-state index in [4.69, 9.17) is 0 Å². The smallest absolute Gasteiger partial charge is 0.244 e. The van der Waals surface area contributed by atoms with Gasteiger partial charge in [-0.25, -0.2) is 0 Å². The third-order valence-electron chi connectivity index (χ3n) is 6.92. The van der Waals surface area contributed by atoms with E-state index in [9.17, 15) is 4.79 Å². The fraction of sp³-hybridized carbons (Fsp3) is 0.600. The van der Waals surface area contributed by atoms with Crippen LogP contribution in [0.5, 0.6) is 0 Å². The summed E-state index contributed by atoms with van der Waals surface area (Å²) in [5.74, 6) is 0.789. The maximum atomic E-state index is 13.0. The zero-order valence-corrected chi connectivity index (χ0v) is 19.1. The first-order valence-corrected chi connectivity index (χ1v) is 11.8. The summed E-state index contributed by atoms with van der Waals surface area (Å²) >= 11 is 0. The number of carbonyl (C=O) groups excluding carboxylic acids is 1. The average molecular weight is 424 g/mol. The Kier molecular flexibility index (Phi) is 7.41. The number of rotatable bonds is 9. The molecule has 1 aliphatic heterocycles. The largest absolute Gasteiger partial charge is 0.341 e. The standard InChI is InChI=1S/C25H37N5O/c1-27(2)12-6-13-29(25(31)20-30-14-5-11-26-30)19-21-9-15-28(16-10-21)24-17-22-7-3-4-8-23(22)18-24/h3-5,7-8,11,14,21,24H,6,9-10,12-13,15-20H2,1-2H3. The van der Waals surface area contributed by atoms with Crippen LogP contribution in [0.15, 0.2) is 42.7 Å². The number of likely N-dealkylation sites (tertiary alicyclic amines) is 1. The number of aromatic nitrogens is 2. The molecule has 0 saturated carbocycles. The van der Waals surface area contributed by atoms with Gasteiger partial charge in [-0.05, 0) is 88.9 Å². The predicted octanol–water partition coefficient (Wildman–Crippen LogP) is 2.54. The first-order chi connectivity index (χ1) is 15.1. The van der Waals surface area contributed by atoms with Gasteiger partial charge in [0, 0.05) is 31.5 Å². The van der Waals surface area contributed by atoms with Crippen molar-refractivity contribution in [2.75, 3.05) is 46.8 Å². The minimum absolute atomic E-state index is 0.191. The molecule has 2 heterocycles. The second-order valence-electron chi connectivity index (χ2n) is 9.51. The monoisotopic (exact) mass is 423 g/mol. The lowest BCUT2D eigenvalue weighted by atomic mass is 9.94. The maximum absolute atomic E-state index is 13.0. The van der Waals surface area contributed by atoms with E-state index in [-0.39, 0.29) is 5.91 Å². The highest BCUT2D eigenvalue weighted by atomic mass is 16.2. The van der Waals surface area contributed by atoms with E-state index >= 15 is 0 Å². The molecule has 0 N–H and O–H groups in total. The number of hydrogen-bond acceptors (Lipinski definition) is 4. The van der Waals surface area contributed by atoms with E-state index in [1.165, 1.54) is 36.8 Å². The molecular formula is C25H37N5O. The number of nitrogens with zero attached hydrogens (tertiary/aromatic N) is 5. The molecule has 1 amide bonds. The van der Waals surface area contributed by atoms with Crippen molar-refractivity contribution in [1.82, 2.24) is 24.5 Å². The minimum Gasteiger partial charge on any atom is -0.341 e. The summed E-state index contributed by atoms with van der Waals surface area (Å²) in [6, 6.07) is 11.5. The van der Waals surface area contributed by atoms with Gasteiger partial charge in [-0.15, -0.1) is 0 Å². The van der Waals surface area contributed by atoms with Crippen LogP contribution in [-0.2, 0) is 24.2 Å². The van der Waals surface area contributed by atoms with Gasteiger partial charge < -0.3 is 9.80 Å². The molecule has 31 heavy (non-hydrogen) atoms. The molecule has 1 saturated heterocycles. The van der Waals surface area contributed by atoms with Crippen LogP contribution in [0, 0.1) is 5.92 Å². The minimum atomic E-state index is 0.191. The van der Waals surface area contributed by atoms with Crippen molar-refractivity contribution in [2.45, 2.75) is 44.7 Å². The molecule has 168 valence electrons. The van der Waals surface area contributed by atoms with Gasteiger partial charge in [-0.3, -0.25) is 14.4 Å². The Morgan fingerprint density at radius 3 is 2.39 bits per heavy atom. The molecule has 0 atom stereocenters. The molecule has 0 spiro atoms. The molecule has 1 aliphatic carbocycles. The summed E-state index contributed by atoms with van der Waals surface area (Å²) < 4.78 is 1.74. The fourth-order valence-corrected chi connectivity index (χ4v) is 5.13. The fourth-order valence-electron chi connectivity index (χ4n) is 5.13. The number of benzene rings is 1. The maximum Gasteiger partial charge on any atom is 0.244 e. The third-order valence-corrected chi connectivity index (χ3v) is 6.92. The molecular weight excluding hydrogens is 386 g/mol. The normalized spacial score (nSPS) is 17.9. The zero-order valence-electron chi connectivity index (χ0n) is 19.1. The Morgan fingerprint density at radius 2 is 1.77 bits per heavy atom. The Hall–Kier alpha value is -2.18. The van der Waals surface area contributed by atoms with E-state index in [2.05, 4.69) is 58.2 Å². The molecule has 4 rings (SSSR count). The van der Waals surface area contributed by atoms with Crippen LogP contribution in [0.4, 0.5) is 0 Å². The summed E-state index contributed by atoms with van der Waals surface area (Å²) in [6.45, 7) is 5.37. The van der Waals surface area contributed by atoms with E-state index in [1.54, 1.807) is 10.9 Å². The highest BCUT2D eigenvalue weighted by Crippen LogP contribution is 2.29. The molecule has 0 unspecified atom stereocenters. The lowest BCUT2D eigenvalue weighted by Crippen LogP contribution is -2.45. The average Bonchev–Trinajstić information content (AvgIpc) is 3.43. The van der Waals surface area contributed by atoms with E-state index in [0.717, 1.165) is 39.1 Å². The van der Waals surface area contributed by atoms with Crippen molar-refractivity contribution in [3.8, 4) is 0 Å². The van der Waals surface area contributed by atoms with Crippen LogP contribution >= 0.6 is 0 Å². The van der Waals surface area contributed by atoms with E-state index < -0.39 is 0 Å². The number of amides is 1. The van der Waals surface area contributed by atoms with Crippen LogP contribution in [-0.4, -0.2) is 83.2 Å². The van der Waals surface area contributed by atoms with Gasteiger partial charge in [0.2, 0.25) is 5.91 Å². The van der Waals surface area contributed by atoms with Gasteiger partial charge in [0.1, 0.15) is 6.54 Å². The van der Waals surface area contributed by atoms with E-state index in [1.807, 2.05) is 12.3 Å². The van der Waals surface area contributed by atoms with Crippen molar-refractivity contribution >= 4 is 5.91 Å². The second-order valence-corrected chi connectivity index (χ2v) is 9.51. The lowest BCUT2D eigenvalue weighted by Gasteiger charge is -2.38. The first kappa shape index (κ1) is 22.0. The first-order valence-electron chi connectivity index (χ1n) is 11.8. The molecule has 0 radical (unpaired) electrons. The van der Waals surface area contributed by atoms with Crippen molar-refractivity contribution in [3.63, 3.8) is 0 Å². The summed E-state index contributed by atoms with van der Waals surface area (Å²) in [4.78, 5) is 20.0. The second kappa shape index (κ2) is 10.4. The van der Waals surface area contributed by atoms with Gasteiger partial charge >= 0.3 is 0 Å². The SMILES string of the molecule is CN(C)CCCN(CC1CCN(C2Cc3ccccc3C2)CC1)C(=O)Cn1cccn1. The Labute approximate surface area is 186 Å². The Morgan fingerprint density at radius 1 is 1.06 bits per heavy atom. The van der Waals surface area contributed by atoms with Crippen LogP contribution in [0.2, 0.25) is 0 Å². The van der Waals surface area contributed by atoms with Gasteiger partial charge in [0.25, 0.3) is 0 Å². The quantitative estimate of drug-likeness (QED) is 0.622. The molecule has 6 nitrogen and oxygen atoms in total. The highest BCUT2D eigenvalue weighted by Gasteiger charge is 2.30. The Bertz CT molecular complexity index is 801. The molecule has 6 heteroatoms. The van der Waals surface area contributed by atoms with Crippen LogP contribution in [0.25, 0.3) is 0 Å². The van der Waals surface area contributed by atoms with Gasteiger partial charge in [-0.1, -0.05) is 24.3 Å². The molecule has 2 aromatic rings. The van der Waals surface area contributed by atoms with Crippen LogP contribution in [0.1, 0.15) is 30.4 Å². The molecule has 1 aromatic heterocycles. The van der Waals surface area contributed by atoms with Crippen molar-refractivity contribution in [1.29, 1.82) is 0 Å². The number of hydrogen-bond donors (Lipinski definition) is 0. The number of carbonyl (C=O) groups is 1. The molecule has 1 aromatic carbocycles. The van der Waals surface area contributed by atoms with Crippen LogP contribution in [0.3, 0.4) is 0 Å². The Balaban J connectivity index is 1.28. The van der Waals surface area contributed by atoms with Crippen LogP contribution < -0.4 is 0 Å². The summed E-state index contributed by atoms with van der Waals surface area (Å²) in [7, 11) is 4.18. The van der Waals surface area contributed by atoms with Gasteiger partial charge in [0.05, 0.1) is 0 Å².